The van der Waals surface area contributed by atoms with Gasteiger partial charge in [0, 0.05) is 58.0 Å². The predicted molar refractivity (Wildman–Crippen MR) is 96.4 cm³/mol. The third-order valence-electron chi connectivity index (χ3n) is 5.54. The first-order valence-corrected chi connectivity index (χ1v) is 9.10. The Morgan fingerprint density at radius 3 is 2.52 bits per heavy atom. The zero-order valence-corrected chi connectivity index (χ0v) is 15.1. The minimum atomic E-state index is -0.414. The number of benzene rings is 1. The molecule has 0 aliphatic carbocycles. The third-order valence-corrected chi connectivity index (χ3v) is 5.54. The number of methoxy groups -OCH3 is 1. The van der Waals surface area contributed by atoms with Gasteiger partial charge in [-0.1, -0.05) is 18.2 Å². The Kier molecular flexibility index (Phi) is 5.93. The summed E-state index contributed by atoms with van der Waals surface area (Å²) in [7, 11) is 1.70. The molecule has 2 aliphatic heterocycles. The van der Waals surface area contributed by atoms with Crippen LogP contribution in [0.25, 0.3) is 0 Å². The molecule has 2 N–H and O–H groups in total. The van der Waals surface area contributed by atoms with E-state index in [9.17, 15) is 4.79 Å². The summed E-state index contributed by atoms with van der Waals surface area (Å²) in [6.07, 6.45) is 1.48. The number of nitrogens with zero attached hydrogens (tertiary/aromatic N) is 2. The summed E-state index contributed by atoms with van der Waals surface area (Å²) in [5.41, 5.74) is 6.75. The van der Waals surface area contributed by atoms with Crippen molar-refractivity contribution in [3.8, 4) is 5.75 Å². The second-order valence-electron chi connectivity index (χ2n) is 6.98. The minimum Gasteiger partial charge on any atom is -0.496 e. The van der Waals surface area contributed by atoms with Gasteiger partial charge in [-0.25, -0.2) is 0 Å². The number of amides is 1. The molecule has 6 heteroatoms. The van der Waals surface area contributed by atoms with E-state index in [4.69, 9.17) is 15.2 Å². The maximum Gasteiger partial charge on any atom is 0.230 e. The van der Waals surface area contributed by atoms with Gasteiger partial charge in [-0.2, -0.15) is 0 Å². The lowest BCUT2D eigenvalue weighted by molar-refractivity contribution is -0.149. The molecule has 2 heterocycles. The molecule has 0 saturated carbocycles. The van der Waals surface area contributed by atoms with Gasteiger partial charge < -0.3 is 20.1 Å². The molecule has 25 heavy (non-hydrogen) atoms. The molecular weight excluding hydrogens is 318 g/mol. The Bertz CT molecular complexity index is 579. The van der Waals surface area contributed by atoms with Crippen LogP contribution in [0.5, 0.6) is 5.75 Å². The number of hydrogen-bond acceptors (Lipinski definition) is 5. The predicted octanol–water partition coefficient (Wildman–Crippen LogP) is 1.09. The standard InChI is InChI=1S/C19H29N3O3/c1-24-17-5-3-2-4-16(17)14-21-8-10-22(11-9-21)18(23)19(15-20)6-12-25-13-7-19/h2-5H,6-15,20H2,1H3. The number of rotatable bonds is 5. The Balaban J connectivity index is 1.57. The van der Waals surface area contributed by atoms with E-state index in [1.54, 1.807) is 7.11 Å². The zero-order chi connectivity index (χ0) is 17.7. The van der Waals surface area contributed by atoms with Crippen LogP contribution < -0.4 is 10.5 Å². The second kappa shape index (κ2) is 8.17. The molecule has 0 bridgehead atoms. The number of piperazine rings is 1. The number of carbonyl (C=O) groups is 1. The van der Waals surface area contributed by atoms with Gasteiger partial charge in [0.25, 0.3) is 0 Å². The fraction of sp³-hybridized carbons (Fsp3) is 0.632. The fourth-order valence-electron chi connectivity index (χ4n) is 3.79. The van der Waals surface area contributed by atoms with Gasteiger partial charge in [-0.15, -0.1) is 0 Å². The summed E-state index contributed by atoms with van der Waals surface area (Å²) in [6, 6.07) is 8.11. The van der Waals surface area contributed by atoms with E-state index >= 15 is 0 Å². The van der Waals surface area contributed by atoms with Crippen molar-refractivity contribution in [2.24, 2.45) is 11.1 Å². The van der Waals surface area contributed by atoms with Gasteiger partial charge in [-0.05, 0) is 18.9 Å². The van der Waals surface area contributed by atoms with Crippen molar-refractivity contribution in [2.75, 3.05) is 53.0 Å². The average Bonchev–Trinajstić information content (AvgIpc) is 2.69. The van der Waals surface area contributed by atoms with E-state index in [0.29, 0.717) is 19.8 Å². The van der Waals surface area contributed by atoms with Crippen LogP contribution in [0.2, 0.25) is 0 Å². The normalized spacial score (nSPS) is 21.1. The highest BCUT2D eigenvalue weighted by Gasteiger charge is 2.42. The number of nitrogens with two attached hydrogens (primary N) is 1. The van der Waals surface area contributed by atoms with Crippen molar-refractivity contribution in [1.82, 2.24) is 9.80 Å². The maximum atomic E-state index is 13.0. The fourth-order valence-corrected chi connectivity index (χ4v) is 3.79. The van der Waals surface area contributed by atoms with E-state index in [1.807, 2.05) is 23.1 Å². The van der Waals surface area contributed by atoms with Crippen LogP contribution >= 0.6 is 0 Å². The molecule has 2 fully saturated rings. The molecule has 1 aromatic carbocycles. The summed E-state index contributed by atoms with van der Waals surface area (Å²) in [5, 5.41) is 0. The Hall–Kier alpha value is -1.63. The second-order valence-corrected chi connectivity index (χ2v) is 6.98. The highest BCUT2D eigenvalue weighted by molar-refractivity contribution is 5.83. The molecule has 0 aromatic heterocycles. The molecule has 6 nitrogen and oxygen atoms in total. The van der Waals surface area contributed by atoms with Crippen LogP contribution in [0.1, 0.15) is 18.4 Å². The molecule has 2 aliphatic rings. The van der Waals surface area contributed by atoms with E-state index in [2.05, 4.69) is 11.0 Å². The smallest absolute Gasteiger partial charge is 0.230 e. The third kappa shape index (κ3) is 3.97. The quantitative estimate of drug-likeness (QED) is 0.864. The highest BCUT2D eigenvalue weighted by atomic mass is 16.5. The maximum absolute atomic E-state index is 13.0. The van der Waals surface area contributed by atoms with Crippen molar-refractivity contribution in [1.29, 1.82) is 0 Å². The van der Waals surface area contributed by atoms with E-state index < -0.39 is 5.41 Å². The highest BCUT2D eigenvalue weighted by Crippen LogP contribution is 2.32. The van der Waals surface area contributed by atoms with Crippen molar-refractivity contribution >= 4 is 5.91 Å². The van der Waals surface area contributed by atoms with Gasteiger partial charge >= 0.3 is 0 Å². The first-order chi connectivity index (χ1) is 12.2. The minimum absolute atomic E-state index is 0.218. The molecule has 1 amide bonds. The molecule has 138 valence electrons. The molecule has 1 aromatic rings. The van der Waals surface area contributed by atoms with Crippen LogP contribution in [-0.2, 0) is 16.1 Å². The van der Waals surface area contributed by atoms with Crippen LogP contribution in [-0.4, -0.2) is 68.8 Å². The molecule has 2 saturated heterocycles. The van der Waals surface area contributed by atoms with Gasteiger partial charge in [0.15, 0.2) is 0 Å². The SMILES string of the molecule is COc1ccccc1CN1CCN(C(=O)C2(CN)CCOCC2)CC1. The molecule has 0 spiro atoms. The summed E-state index contributed by atoms with van der Waals surface area (Å²) < 4.78 is 10.9. The Morgan fingerprint density at radius 1 is 1.20 bits per heavy atom. The average molecular weight is 347 g/mol. The number of carbonyl (C=O) groups excluding carboxylic acids is 1. The first-order valence-electron chi connectivity index (χ1n) is 9.10. The van der Waals surface area contributed by atoms with E-state index in [0.717, 1.165) is 51.3 Å². The number of hydrogen-bond donors (Lipinski definition) is 1. The molecule has 0 radical (unpaired) electrons. The lowest BCUT2D eigenvalue weighted by Crippen LogP contribution is -2.56. The van der Waals surface area contributed by atoms with Crippen molar-refractivity contribution in [3.05, 3.63) is 29.8 Å². The molecule has 0 unspecified atom stereocenters. The van der Waals surface area contributed by atoms with Crippen LogP contribution in [0.4, 0.5) is 0 Å². The topological polar surface area (TPSA) is 68.0 Å². The molecule has 3 rings (SSSR count). The first kappa shape index (κ1) is 18.2. The van der Waals surface area contributed by atoms with Crippen molar-refractivity contribution in [3.63, 3.8) is 0 Å². The summed E-state index contributed by atoms with van der Waals surface area (Å²) >= 11 is 0. The largest absolute Gasteiger partial charge is 0.496 e. The summed E-state index contributed by atoms with van der Waals surface area (Å²) in [6.45, 7) is 5.81. The van der Waals surface area contributed by atoms with Crippen LogP contribution in [0.3, 0.4) is 0 Å². The zero-order valence-electron chi connectivity index (χ0n) is 15.1. The van der Waals surface area contributed by atoms with Crippen LogP contribution in [0.15, 0.2) is 24.3 Å². The Labute approximate surface area is 149 Å². The molecule has 0 atom stereocenters. The summed E-state index contributed by atoms with van der Waals surface area (Å²) in [5.74, 6) is 1.14. The lowest BCUT2D eigenvalue weighted by Gasteiger charge is -2.42. The van der Waals surface area contributed by atoms with Gasteiger partial charge in [-0.3, -0.25) is 9.69 Å². The van der Waals surface area contributed by atoms with Gasteiger partial charge in [0.05, 0.1) is 12.5 Å². The Morgan fingerprint density at radius 2 is 1.88 bits per heavy atom. The van der Waals surface area contributed by atoms with Crippen molar-refractivity contribution in [2.45, 2.75) is 19.4 Å². The lowest BCUT2D eigenvalue weighted by atomic mass is 9.78. The van der Waals surface area contributed by atoms with E-state index in [1.165, 1.54) is 5.56 Å². The monoisotopic (exact) mass is 347 g/mol. The molecular formula is C19H29N3O3. The van der Waals surface area contributed by atoms with Crippen LogP contribution in [0, 0.1) is 5.41 Å². The van der Waals surface area contributed by atoms with Gasteiger partial charge in [0.2, 0.25) is 5.91 Å². The van der Waals surface area contributed by atoms with Gasteiger partial charge in [0.1, 0.15) is 5.75 Å². The van der Waals surface area contributed by atoms with Crippen molar-refractivity contribution < 1.29 is 14.3 Å². The number of para-hydroxylation sites is 1. The van der Waals surface area contributed by atoms with E-state index in [-0.39, 0.29) is 5.91 Å². The summed E-state index contributed by atoms with van der Waals surface area (Å²) in [4.78, 5) is 17.4. The number of ether oxygens (including phenoxy) is 2.